The van der Waals surface area contributed by atoms with Gasteiger partial charge in [0.05, 0.1) is 28.2 Å². The van der Waals surface area contributed by atoms with E-state index in [1.807, 2.05) is 37.0 Å². The van der Waals surface area contributed by atoms with Gasteiger partial charge >= 0.3 is 5.97 Å². The summed E-state index contributed by atoms with van der Waals surface area (Å²) in [4.78, 5) is 13.6. The molecule has 58 heavy (non-hydrogen) atoms. The lowest BCUT2D eigenvalue weighted by atomic mass is 9.81. The van der Waals surface area contributed by atoms with Gasteiger partial charge in [0.2, 0.25) is 5.69 Å². The van der Waals surface area contributed by atoms with E-state index in [9.17, 15) is 35.8 Å². The first-order chi connectivity index (χ1) is 27.3. The SMILES string of the molecule is CCCCC[N+]1=C(/C=C/C2=C(c3ccc(C(=O)O)cc3)C(=C/C=C3/N(CCCCS(=O)(=O)O)c4ccc(S(=O)(=O)O)cc4C3(C)C)/CCO2)C(C)(C)c2ccccc21. The lowest BCUT2D eigenvalue weighted by Crippen LogP contribution is -2.28. The van der Waals surface area contributed by atoms with Crippen molar-refractivity contribution in [3.05, 3.63) is 130 Å². The fourth-order valence-corrected chi connectivity index (χ4v) is 9.45. The molecule has 3 aliphatic rings. The first-order valence-corrected chi connectivity index (χ1v) is 22.8. The molecule has 0 atom stereocenters. The molecule has 0 bridgehead atoms. The number of nitrogens with zero attached hydrogens (tertiary/aromatic N) is 2. The Morgan fingerprint density at radius 1 is 0.862 bits per heavy atom. The Morgan fingerprint density at radius 2 is 1.59 bits per heavy atom. The van der Waals surface area contributed by atoms with Crippen LogP contribution in [0.5, 0.6) is 0 Å². The van der Waals surface area contributed by atoms with Crippen molar-refractivity contribution in [3.63, 3.8) is 0 Å². The first-order valence-electron chi connectivity index (χ1n) is 19.7. The van der Waals surface area contributed by atoms with Gasteiger partial charge in [-0.15, -0.1) is 0 Å². The molecule has 0 spiro atoms. The predicted molar refractivity (Wildman–Crippen MR) is 227 cm³/mol. The fourth-order valence-electron chi connectivity index (χ4n) is 8.38. The quantitative estimate of drug-likeness (QED) is 0.0767. The smallest absolute Gasteiger partial charge is 0.335 e. The van der Waals surface area contributed by atoms with Crippen LogP contribution in [0, 0.1) is 0 Å². The van der Waals surface area contributed by atoms with Crippen LogP contribution < -0.4 is 4.90 Å². The highest BCUT2D eigenvalue weighted by molar-refractivity contribution is 7.86. The summed E-state index contributed by atoms with van der Waals surface area (Å²) in [5, 5.41) is 9.69. The molecule has 3 aliphatic heterocycles. The third-order valence-corrected chi connectivity index (χ3v) is 13.1. The first kappa shape index (κ1) is 42.8. The molecule has 0 aliphatic carbocycles. The molecule has 6 rings (SSSR count). The van der Waals surface area contributed by atoms with Crippen LogP contribution in [0.25, 0.3) is 5.57 Å². The number of ether oxygens (including phenoxy) is 1. The number of fused-ring (bicyclic) bond motifs is 2. The van der Waals surface area contributed by atoms with Gasteiger partial charge in [0.1, 0.15) is 12.3 Å². The number of allylic oxidation sites excluding steroid dienone is 6. The maximum atomic E-state index is 12.2. The van der Waals surface area contributed by atoms with E-state index < -0.39 is 31.6 Å². The van der Waals surface area contributed by atoms with E-state index >= 15 is 0 Å². The van der Waals surface area contributed by atoms with Crippen LogP contribution in [0.2, 0.25) is 0 Å². The van der Waals surface area contributed by atoms with Crippen molar-refractivity contribution >= 4 is 48.9 Å². The zero-order chi connectivity index (χ0) is 42.0. The number of benzene rings is 3. The van der Waals surface area contributed by atoms with Gasteiger partial charge in [-0.05, 0) is 92.3 Å². The van der Waals surface area contributed by atoms with Crippen molar-refractivity contribution in [2.75, 3.05) is 30.3 Å². The van der Waals surface area contributed by atoms with Crippen molar-refractivity contribution in [1.82, 2.24) is 0 Å². The summed E-state index contributed by atoms with van der Waals surface area (Å²) >= 11 is 0. The molecule has 0 fully saturated rings. The number of hydrogen-bond donors (Lipinski definition) is 3. The number of para-hydroxylation sites is 1. The number of hydrogen-bond acceptors (Lipinski definition) is 7. The van der Waals surface area contributed by atoms with Crippen molar-refractivity contribution in [3.8, 4) is 0 Å². The average molecular weight is 830 g/mol. The lowest BCUT2D eigenvalue weighted by molar-refractivity contribution is -0.438. The number of carboxylic acid groups (broad SMARTS) is 1. The molecule has 308 valence electrons. The second-order valence-electron chi connectivity index (χ2n) is 16.1. The Balaban J connectivity index is 1.48. The number of rotatable bonds is 15. The van der Waals surface area contributed by atoms with Crippen LogP contribution in [-0.2, 0) is 35.8 Å². The minimum absolute atomic E-state index is 0.161. The molecule has 0 radical (unpaired) electrons. The average Bonchev–Trinajstić information content (AvgIpc) is 3.51. The van der Waals surface area contributed by atoms with E-state index in [4.69, 9.17) is 4.74 Å². The number of carboxylic acids is 1. The molecule has 3 heterocycles. The molecule has 0 unspecified atom stereocenters. The van der Waals surface area contributed by atoms with Crippen molar-refractivity contribution < 1.29 is 45.2 Å². The number of unbranched alkanes of at least 4 members (excludes halogenated alkanes) is 3. The summed E-state index contributed by atoms with van der Waals surface area (Å²) < 4.78 is 75.5. The van der Waals surface area contributed by atoms with Crippen molar-refractivity contribution in [2.45, 2.75) is 88.9 Å². The highest BCUT2D eigenvalue weighted by atomic mass is 32.2. The third-order valence-electron chi connectivity index (χ3n) is 11.4. The van der Waals surface area contributed by atoms with E-state index in [0.29, 0.717) is 37.3 Å². The second-order valence-corrected chi connectivity index (χ2v) is 19.1. The van der Waals surface area contributed by atoms with Crippen molar-refractivity contribution in [2.24, 2.45) is 0 Å². The van der Waals surface area contributed by atoms with Crippen LogP contribution in [0.3, 0.4) is 0 Å². The van der Waals surface area contributed by atoms with Crippen LogP contribution >= 0.6 is 0 Å². The van der Waals surface area contributed by atoms with E-state index in [2.05, 4.69) is 55.7 Å². The molecule has 3 aromatic carbocycles. The summed E-state index contributed by atoms with van der Waals surface area (Å²) in [6, 6.07) is 19.7. The molecule has 13 heteroatoms. The van der Waals surface area contributed by atoms with E-state index in [1.54, 1.807) is 30.3 Å². The molecule has 3 N–H and O–H groups in total. The molecular formula is C45H53N2O9S2+. The molecule has 3 aromatic rings. The Bertz CT molecular complexity index is 2470. The van der Waals surface area contributed by atoms with Gasteiger partial charge in [0, 0.05) is 59.5 Å². The fraction of sp³-hybridized carbons (Fsp3) is 0.378. The van der Waals surface area contributed by atoms with Crippen molar-refractivity contribution in [1.29, 1.82) is 0 Å². The maximum absolute atomic E-state index is 12.2. The summed E-state index contributed by atoms with van der Waals surface area (Å²) in [5.74, 6) is -0.771. The molecule has 0 amide bonds. The predicted octanol–water partition coefficient (Wildman–Crippen LogP) is 8.86. The largest absolute Gasteiger partial charge is 0.493 e. The maximum Gasteiger partial charge on any atom is 0.335 e. The summed E-state index contributed by atoms with van der Waals surface area (Å²) in [5.41, 5.74) is 7.52. The molecule has 0 saturated carbocycles. The topological polar surface area (TPSA) is 162 Å². The summed E-state index contributed by atoms with van der Waals surface area (Å²) in [7, 11) is -8.63. The van der Waals surface area contributed by atoms with Crippen LogP contribution in [0.1, 0.15) is 100 Å². The van der Waals surface area contributed by atoms with Gasteiger partial charge < -0.3 is 14.7 Å². The van der Waals surface area contributed by atoms with Gasteiger partial charge in [-0.25, -0.2) is 4.79 Å². The molecule has 0 aromatic heterocycles. The second kappa shape index (κ2) is 16.8. The number of aromatic carboxylic acids is 1. The van der Waals surface area contributed by atoms with Gasteiger partial charge in [-0.1, -0.05) is 63.6 Å². The monoisotopic (exact) mass is 829 g/mol. The molecule has 0 saturated heterocycles. The zero-order valence-corrected chi connectivity index (χ0v) is 35.4. The third kappa shape index (κ3) is 8.92. The standard InChI is InChI=1S/C45H52N2O9S2/c1-6-7-10-26-46-37-14-9-8-13-35(37)44(2,3)41(46)24-22-39-42(31-15-17-33(18-16-31)43(48)49)32(25-28-56-39)19-23-40-45(4,5)36-30-34(58(53,54)55)20-21-38(36)47(40)27-11-12-29-57(50,51)52/h8-9,13-24,30H,6-7,10-12,25-29H2,1-5H3,(H2-,48,49,50,51,52,53,54,55)/p+1. The Kier molecular flexibility index (Phi) is 12.4. The molecule has 11 nitrogen and oxygen atoms in total. The lowest BCUT2D eigenvalue weighted by Gasteiger charge is -2.28. The normalized spacial score (nSPS) is 19.0. The minimum Gasteiger partial charge on any atom is -0.493 e. The highest BCUT2D eigenvalue weighted by Crippen LogP contribution is 2.49. The summed E-state index contributed by atoms with van der Waals surface area (Å²) in [6.07, 6.45) is 12.6. The van der Waals surface area contributed by atoms with E-state index in [1.165, 1.54) is 23.4 Å². The van der Waals surface area contributed by atoms with Crippen LogP contribution in [-0.4, -0.2) is 72.8 Å². The summed E-state index contributed by atoms with van der Waals surface area (Å²) in [6.45, 7) is 12.3. The van der Waals surface area contributed by atoms with Crippen LogP contribution in [0.15, 0.2) is 113 Å². The Hall–Kier alpha value is -4.82. The minimum atomic E-state index is -4.49. The van der Waals surface area contributed by atoms with E-state index in [0.717, 1.165) is 59.6 Å². The van der Waals surface area contributed by atoms with Gasteiger partial charge in [0.25, 0.3) is 20.2 Å². The van der Waals surface area contributed by atoms with Gasteiger partial charge in [-0.3, -0.25) is 9.11 Å². The highest BCUT2D eigenvalue weighted by Gasteiger charge is 2.44. The van der Waals surface area contributed by atoms with Gasteiger partial charge in [-0.2, -0.15) is 21.4 Å². The Morgan fingerprint density at radius 3 is 2.26 bits per heavy atom. The Labute approximate surface area is 342 Å². The molecular weight excluding hydrogens is 777 g/mol. The van der Waals surface area contributed by atoms with Crippen LogP contribution in [0.4, 0.5) is 11.4 Å². The number of anilines is 1. The van der Waals surface area contributed by atoms with E-state index in [-0.39, 0.29) is 28.0 Å². The zero-order valence-electron chi connectivity index (χ0n) is 33.7. The number of carbonyl (C=O) groups is 1. The van der Waals surface area contributed by atoms with Gasteiger partial charge in [0.15, 0.2) is 5.71 Å².